The molecule has 1 aliphatic heterocycles. The second-order valence-corrected chi connectivity index (χ2v) is 4.85. The Hall–Kier alpha value is -2.18. The number of aromatic nitrogens is 2. The van der Waals surface area contributed by atoms with Gasteiger partial charge in [-0.3, -0.25) is 9.48 Å². The van der Waals surface area contributed by atoms with E-state index < -0.39 is 55.0 Å². The van der Waals surface area contributed by atoms with Crippen molar-refractivity contribution in [2.45, 2.75) is 37.7 Å². The van der Waals surface area contributed by atoms with Gasteiger partial charge in [-0.25, -0.2) is 17.6 Å². The van der Waals surface area contributed by atoms with Crippen LogP contribution in [0.3, 0.4) is 0 Å². The Balaban J connectivity index is 2.22. The van der Waals surface area contributed by atoms with Gasteiger partial charge in [0.25, 0.3) is 18.8 Å². The van der Waals surface area contributed by atoms with E-state index >= 15 is 0 Å². The van der Waals surface area contributed by atoms with E-state index in [1.54, 1.807) is 0 Å². The van der Waals surface area contributed by atoms with Crippen LogP contribution in [0, 0.1) is 0 Å². The van der Waals surface area contributed by atoms with Crippen molar-refractivity contribution in [2.24, 2.45) is 5.10 Å². The van der Waals surface area contributed by atoms with Gasteiger partial charge in [0.05, 0.1) is 0 Å². The molecule has 0 bridgehead atoms. The van der Waals surface area contributed by atoms with Crippen LogP contribution in [0.25, 0.3) is 0 Å². The van der Waals surface area contributed by atoms with Crippen molar-refractivity contribution < 1.29 is 40.6 Å². The van der Waals surface area contributed by atoms with Gasteiger partial charge in [0.2, 0.25) is 5.72 Å². The fourth-order valence-electron chi connectivity index (χ4n) is 1.96. The molecule has 1 aliphatic rings. The summed E-state index contributed by atoms with van der Waals surface area (Å²) in [5, 5.41) is 15.5. The number of amides is 1. The summed E-state index contributed by atoms with van der Waals surface area (Å²) in [5.74, 6) is -1.43. The normalized spacial score (nSPS) is 21.8. The van der Waals surface area contributed by atoms with Crippen LogP contribution in [-0.2, 0) is 17.5 Å². The molecular formula is C11H9F7N4O2. The van der Waals surface area contributed by atoms with Gasteiger partial charge in [-0.05, 0) is 6.07 Å². The second kappa shape index (κ2) is 6.03. The highest BCUT2D eigenvalue weighted by atomic mass is 19.4. The predicted molar refractivity (Wildman–Crippen MR) is 63.1 cm³/mol. The molecule has 0 aliphatic carbocycles. The highest BCUT2D eigenvalue weighted by Crippen LogP contribution is 2.33. The van der Waals surface area contributed by atoms with Crippen molar-refractivity contribution in [1.82, 2.24) is 14.8 Å². The van der Waals surface area contributed by atoms with Crippen molar-refractivity contribution in [3.8, 4) is 0 Å². The first kappa shape index (κ1) is 18.2. The van der Waals surface area contributed by atoms with Gasteiger partial charge in [0.15, 0.2) is 5.69 Å². The van der Waals surface area contributed by atoms with E-state index in [-0.39, 0.29) is 5.01 Å². The maximum absolute atomic E-state index is 12.9. The number of carbonyl (C=O) groups excluding carboxylic acids is 1. The molecule has 1 aromatic rings. The number of alkyl halides is 7. The second-order valence-electron chi connectivity index (χ2n) is 4.85. The molecule has 2 heterocycles. The summed E-state index contributed by atoms with van der Waals surface area (Å²) in [4.78, 5) is 11.9. The van der Waals surface area contributed by atoms with Crippen molar-refractivity contribution in [1.29, 1.82) is 0 Å². The number of nitrogens with zero attached hydrogens (tertiary/aromatic N) is 4. The number of carbonyl (C=O) groups is 1. The molecule has 1 aromatic heterocycles. The first-order valence-electron chi connectivity index (χ1n) is 6.25. The topological polar surface area (TPSA) is 70.7 Å². The van der Waals surface area contributed by atoms with Crippen molar-refractivity contribution in [2.75, 3.05) is 0 Å². The van der Waals surface area contributed by atoms with Crippen LogP contribution >= 0.6 is 0 Å². The predicted octanol–water partition coefficient (Wildman–Crippen LogP) is 1.71. The van der Waals surface area contributed by atoms with E-state index in [0.717, 1.165) is 6.20 Å². The van der Waals surface area contributed by atoms with E-state index in [0.29, 0.717) is 10.7 Å². The van der Waals surface area contributed by atoms with Gasteiger partial charge in [0, 0.05) is 12.6 Å². The molecule has 0 spiro atoms. The molecule has 2 rings (SSSR count). The molecule has 0 fully saturated rings. The number of halogens is 7. The number of hydrazone groups is 1. The summed E-state index contributed by atoms with van der Waals surface area (Å²) < 4.78 is 88.7. The zero-order valence-electron chi connectivity index (χ0n) is 11.5. The van der Waals surface area contributed by atoms with Crippen molar-refractivity contribution in [3.63, 3.8) is 0 Å². The lowest BCUT2D eigenvalue weighted by molar-refractivity contribution is -0.192. The van der Waals surface area contributed by atoms with E-state index in [4.69, 9.17) is 0 Å². The average molecular weight is 362 g/mol. The van der Waals surface area contributed by atoms with Gasteiger partial charge in [-0.15, -0.1) is 0 Å². The third-order valence-corrected chi connectivity index (χ3v) is 3.10. The average Bonchev–Trinajstić information content (AvgIpc) is 3.03. The Morgan fingerprint density at radius 2 is 1.96 bits per heavy atom. The van der Waals surface area contributed by atoms with Gasteiger partial charge in [0.1, 0.15) is 12.3 Å². The summed E-state index contributed by atoms with van der Waals surface area (Å²) in [7, 11) is 0. The molecular weight excluding hydrogens is 353 g/mol. The van der Waals surface area contributed by atoms with Crippen molar-refractivity contribution in [3.05, 3.63) is 18.0 Å². The monoisotopic (exact) mass is 362 g/mol. The van der Waals surface area contributed by atoms with Crippen molar-refractivity contribution >= 4 is 11.6 Å². The molecule has 134 valence electrons. The Kier molecular flexibility index (Phi) is 4.57. The zero-order valence-corrected chi connectivity index (χ0v) is 11.5. The van der Waals surface area contributed by atoms with Crippen LogP contribution in [0.5, 0.6) is 0 Å². The van der Waals surface area contributed by atoms with E-state index in [2.05, 4.69) is 10.2 Å². The molecule has 0 aromatic carbocycles. The maximum atomic E-state index is 12.9. The van der Waals surface area contributed by atoms with Crippen LogP contribution in [0.4, 0.5) is 30.7 Å². The molecule has 0 saturated carbocycles. The summed E-state index contributed by atoms with van der Waals surface area (Å²) >= 11 is 0. The smallest absolute Gasteiger partial charge is 0.364 e. The molecule has 0 unspecified atom stereocenters. The van der Waals surface area contributed by atoms with Crippen LogP contribution in [0.15, 0.2) is 17.4 Å². The molecule has 0 radical (unpaired) electrons. The minimum atomic E-state index is -4.79. The Bertz CT molecular complexity index is 657. The molecule has 1 N–H and O–H groups in total. The van der Waals surface area contributed by atoms with Gasteiger partial charge < -0.3 is 5.11 Å². The van der Waals surface area contributed by atoms with Gasteiger partial charge >= 0.3 is 6.18 Å². The van der Waals surface area contributed by atoms with E-state index in [1.807, 2.05) is 0 Å². The Morgan fingerprint density at radius 3 is 2.42 bits per heavy atom. The molecule has 0 saturated heterocycles. The van der Waals surface area contributed by atoms with Crippen LogP contribution in [0.1, 0.15) is 12.1 Å². The van der Waals surface area contributed by atoms with Gasteiger partial charge in [-0.2, -0.15) is 28.4 Å². The fraction of sp³-hybridized carbons (Fsp3) is 0.545. The Labute approximate surface area is 129 Å². The summed E-state index contributed by atoms with van der Waals surface area (Å²) in [6, 6.07) is 0.532. The molecule has 6 nitrogen and oxygen atoms in total. The van der Waals surface area contributed by atoms with Crippen LogP contribution in [-0.4, -0.2) is 50.1 Å². The Morgan fingerprint density at radius 1 is 1.33 bits per heavy atom. The third-order valence-electron chi connectivity index (χ3n) is 3.10. The van der Waals surface area contributed by atoms with Crippen LogP contribution < -0.4 is 0 Å². The SMILES string of the molecule is O=C(Cn1ccc(C(F)(F)F)n1)N1N=C(C(F)F)C[C@@]1(O)C(F)F. The first-order chi connectivity index (χ1) is 10.9. The lowest BCUT2D eigenvalue weighted by Gasteiger charge is -2.29. The summed E-state index contributed by atoms with van der Waals surface area (Å²) in [5.41, 5.74) is -5.76. The number of rotatable bonds is 4. The fourth-order valence-corrected chi connectivity index (χ4v) is 1.96. The minimum absolute atomic E-state index is 0.242. The number of hydrogen-bond donors (Lipinski definition) is 1. The van der Waals surface area contributed by atoms with E-state index in [9.17, 15) is 40.6 Å². The molecule has 1 amide bonds. The standard InChI is InChI=1S/C11H9F7N4O2/c12-8(13)5-3-10(24,9(14)15)22(19-5)7(23)4-21-2-1-6(20-21)11(16,17)18/h1-2,8-9,24H,3-4H2/t10-/m1/s1. The third kappa shape index (κ3) is 3.34. The maximum Gasteiger partial charge on any atom is 0.435 e. The minimum Gasteiger partial charge on any atom is -0.364 e. The van der Waals surface area contributed by atoms with Crippen LogP contribution in [0.2, 0.25) is 0 Å². The summed E-state index contributed by atoms with van der Waals surface area (Å²) in [6.07, 6.45) is -12.2. The molecule has 13 heteroatoms. The summed E-state index contributed by atoms with van der Waals surface area (Å²) in [6.45, 7) is -1.01. The first-order valence-corrected chi connectivity index (χ1v) is 6.25. The number of aliphatic hydroxyl groups is 1. The molecule has 24 heavy (non-hydrogen) atoms. The highest BCUT2D eigenvalue weighted by molar-refractivity contribution is 5.92. The van der Waals surface area contributed by atoms with Gasteiger partial charge in [-0.1, -0.05) is 0 Å². The number of hydrogen-bond acceptors (Lipinski definition) is 4. The zero-order chi connectivity index (χ0) is 18.3. The van der Waals surface area contributed by atoms with E-state index in [1.165, 1.54) is 0 Å². The molecule has 1 atom stereocenters. The lowest BCUT2D eigenvalue weighted by Crippen LogP contribution is -2.52. The quantitative estimate of drug-likeness (QED) is 0.829. The lowest BCUT2D eigenvalue weighted by atomic mass is 10.1. The largest absolute Gasteiger partial charge is 0.435 e. The highest BCUT2D eigenvalue weighted by Gasteiger charge is 2.53.